The number of fused-ring (bicyclic) bond motifs is 1. The summed E-state index contributed by atoms with van der Waals surface area (Å²) >= 11 is 0. The number of azide groups is 1. The van der Waals surface area contributed by atoms with Gasteiger partial charge in [0.15, 0.2) is 18.9 Å². The Balaban J connectivity index is 1.15. The van der Waals surface area contributed by atoms with Crippen molar-refractivity contribution in [1.82, 2.24) is 0 Å². The van der Waals surface area contributed by atoms with Crippen LogP contribution in [0, 0.1) is 0 Å². The summed E-state index contributed by atoms with van der Waals surface area (Å²) in [7, 11) is 1.54. The van der Waals surface area contributed by atoms with Crippen LogP contribution >= 0.6 is 0 Å². The summed E-state index contributed by atoms with van der Waals surface area (Å²) in [5.41, 5.74) is 13.4. The zero-order valence-corrected chi connectivity index (χ0v) is 31.8. The Morgan fingerprint density at radius 1 is 0.684 bits per heavy atom. The van der Waals surface area contributed by atoms with Crippen LogP contribution in [0.4, 0.5) is 0 Å². The smallest absolute Gasteiger partial charge is 0.303 e. The van der Waals surface area contributed by atoms with E-state index in [9.17, 15) is 10.3 Å². The van der Waals surface area contributed by atoms with E-state index in [0.717, 1.165) is 22.3 Å². The van der Waals surface area contributed by atoms with Crippen LogP contribution < -0.4 is 0 Å². The van der Waals surface area contributed by atoms with Crippen LogP contribution in [0.1, 0.15) is 35.5 Å². The van der Waals surface area contributed by atoms with Crippen LogP contribution in [0.15, 0.2) is 126 Å². The van der Waals surface area contributed by atoms with Gasteiger partial charge in [-0.3, -0.25) is 4.79 Å². The minimum Gasteiger partial charge on any atom is -0.459 e. The molecule has 0 N–H and O–H groups in total. The summed E-state index contributed by atoms with van der Waals surface area (Å²) in [4.78, 5) is 15.5. The topological polar surface area (TPSA) is 158 Å². The highest BCUT2D eigenvalue weighted by atomic mass is 16.8. The molecule has 0 unspecified atom stereocenters. The van der Waals surface area contributed by atoms with E-state index in [1.54, 1.807) is 7.11 Å². The van der Waals surface area contributed by atoms with E-state index in [1.165, 1.54) is 6.92 Å². The van der Waals surface area contributed by atoms with Crippen molar-refractivity contribution >= 4 is 5.97 Å². The fourth-order valence-electron chi connectivity index (χ4n) is 7.24. The summed E-state index contributed by atoms with van der Waals surface area (Å²) in [6.07, 6.45) is -8.45. The van der Waals surface area contributed by atoms with Gasteiger partial charge < -0.3 is 47.4 Å². The first-order valence-electron chi connectivity index (χ1n) is 19.0. The Bertz CT molecular complexity index is 1870. The van der Waals surface area contributed by atoms with Gasteiger partial charge in [0, 0.05) is 24.5 Å². The molecule has 0 radical (unpaired) electrons. The van der Waals surface area contributed by atoms with Crippen molar-refractivity contribution in [3.8, 4) is 0 Å². The van der Waals surface area contributed by atoms with E-state index in [2.05, 4.69) is 10.0 Å². The Morgan fingerprint density at radius 2 is 1.23 bits per heavy atom. The summed E-state index contributed by atoms with van der Waals surface area (Å²) in [5.74, 6) is -0.586. The van der Waals surface area contributed by atoms with Gasteiger partial charge in [-0.1, -0.05) is 126 Å². The molecule has 300 valence electrons. The van der Waals surface area contributed by atoms with Crippen molar-refractivity contribution in [2.45, 2.75) is 94.4 Å². The third kappa shape index (κ3) is 10.4. The maximum atomic E-state index is 12.5. The molecule has 3 heterocycles. The molecule has 3 fully saturated rings. The highest BCUT2D eigenvalue weighted by Crippen LogP contribution is 2.38. The van der Waals surface area contributed by atoms with Crippen LogP contribution in [-0.4, -0.2) is 87.6 Å². The van der Waals surface area contributed by atoms with Gasteiger partial charge in [-0.05, 0) is 22.2 Å². The third-order valence-electron chi connectivity index (χ3n) is 9.97. The normalized spacial score (nSPS) is 29.8. The van der Waals surface area contributed by atoms with Crippen molar-refractivity contribution < 1.29 is 52.2 Å². The predicted octanol–water partition coefficient (Wildman–Crippen LogP) is 6.58. The second-order valence-electron chi connectivity index (χ2n) is 13.9. The van der Waals surface area contributed by atoms with Gasteiger partial charge in [-0.2, -0.15) is 0 Å². The molecule has 3 aliphatic rings. The Morgan fingerprint density at radius 3 is 1.77 bits per heavy atom. The van der Waals surface area contributed by atoms with E-state index < -0.39 is 73.6 Å². The molecule has 0 bridgehead atoms. The van der Waals surface area contributed by atoms with E-state index in [0.29, 0.717) is 0 Å². The summed E-state index contributed by atoms with van der Waals surface area (Å²) in [5, 5.41) is 4.01. The lowest BCUT2D eigenvalue weighted by molar-refractivity contribution is -0.355. The average molecular weight is 782 g/mol. The lowest BCUT2D eigenvalue weighted by Gasteiger charge is -2.48. The van der Waals surface area contributed by atoms with Gasteiger partial charge in [0.1, 0.15) is 48.8 Å². The monoisotopic (exact) mass is 781 g/mol. The van der Waals surface area contributed by atoms with Gasteiger partial charge in [0.25, 0.3) is 0 Å². The number of methoxy groups -OCH3 is 1. The van der Waals surface area contributed by atoms with Crippen LogP contribution in [0.5, 0.6) is 0 Å². The largest absolute Gasteiger partial charge is 0.459 e. The maximum absolute atomic E-state index is 12.5. The number of ether oxygens (including phenoxy) is 10. The third-order valence-corrected chi connectivity index (χ3v) is 9.97. The van der Waals surface area contributed by atoms with Crippen LogP contribution in [-0.2, 0) is 72.0 Å². The number of rotatable bonds is 16. The molecule has 4 aromatic carbocycles. The lowest BCUT2D eigenvalue weighted by atomic mass is 9.95. The molecular weight excluding hydrogens is 734 g/mol. The van der Waals surface area contributed by atoms with Crippen LogP contribution in [0.25, 0.3) is 10.4 Å². The van der Waals surface area contributed by atoms with Crippen molar-refractivity contribution in [3.63, 3.8) is 0 Å². The molecule has 0 saturated carbocycles. The zero-order chi connectivity index (χ0) is 39.4. The van der Waals surface area contributed by atoms with Gasteiger partial charge in [-0.15, -0.1) is 0 Å². The predicted molar refractivity (Wildman–Crippen MR) is 204 cm³/mol. The minimum absolute atomic E-state index is 0.0924. The molecule has 7 rings (SSSR count). The van der Waals surface area contributed by atoms with E-state index in [1.807, 2.05) is 121 Å². The highest BCUT2D eigenvalue weighted by Gasteiger charge is 2.54. The molecule has 0 aromatic heterocycles. The molecule has 14 heteroatoms. The number of carbonyl (C=O) groups is 1. The molecule has 57 heavy (non-hydrogen) atoms. The number of benzene rings is 4. The zero-order valence-electron chi connectivity index (χ0n) is 31.8. The molecule has 14 nitrogen and oxygen atoms in total. The van der Waals surface area contributed by atoms with Crippen molar-refractivity contribution in [2.75, 3.05) is 20.3 Å². The van der Waals surface area contributed by atoms with Crippen LogP contribution in [0.3, 0.4) is 0 Å². The molecule has 11 atom stereocenters. The van der Waals surface area contributed by atoms with Gasteiger partial charge in [0.05, 0.1) is 33.0 Å². The first-order chi connectivity index (χ1) is 28.0. The van der Waals surface area contributed by atoms with Crippen molar-refractivity contribution in [3.05, 3.63) is 154 Å². The Labute approximate surface area is 331 Å². The molecule has 0 spiro atoms. The number of nitrogens with zero attached hydrogens (tertiary/aromatic N) is 3. The fraction of sp³-hybridized carbons (Fsp3) is 0.419. The number of carbonyl (C=O) groups excluding carboxylic acids is 1. The second-order valence-corrected chi connectivity index (χ2v) is 13.9. The first-order valence-corrected chi connectivity index (χ1v) is 19.0. The fourth-order valence-corrected chi connectivity index (χ4v) is 7.24. The molecule has 4 aromatic rings. The Hall–Kier alpha value is -4.70. The summed E-state index contributed by atoms with van der Waals surface area (Å²) in [6.45, 7) is 2.00. The van der Waals surface area contributed by atoms with Gasteiger partial charge in [0.2, 0.25) is 0 Å². The number of hydrogen-bond donors (Lipinski definition) is 0. The second kappa shape index (κ2) is 20.1. The standard InChI is InChI=1S/C43H47N3O11/c1-28(47)54-38-35(45-46-44)42(55-34-27-52-41(57-37(34)38)32-21-13-6-14-22-32)53-26-33-36(49-23-29-15-7-3-8-16-29)39(50-24-30-17-9-4-10-18-30)40(43(48-2)56-33)51-25-31-19-11-5-12-20-31/h3-22,33-43H,23-27H2,1-2H3/t33-,34-,35-,36-,37+,38-,39+,40-,41+,42-,43+/m1/s1. The summed E-state index contributed by atoms with van der Waals surface area (Å²) < 4.78 is 63.5. The number of hydrogen-bond acceptors (Lipinski definition) is 12. The van der Waals surface area contributed by atoms with Gasteiger partial charge in [-0.25, -0.2) is 0 Å². The molecular formula is C43H47N3O11. The summed E-state index contributed by atoms with van der Waals surface area (Å²) in [6, 6.07) is 37.6. The van der Waals surface area contributed by atoms with Gasteiger partial charge >= 0.3 is 5.97 Å². The highest BCUT2D eigenvalue weighted by molar-refractivity contribution is 5.66. The Kier molecular flexibility index (Phi) is 14.3. The lowest BCUT2D eigenvalue weighted by Crippen LogP contribution is -2.64. The average Bonchev–Trinajstić information content (AvgIpc) is 3.25. The maximum Gasteiger partial charge on any atom is 0.303 e. The number of esters is 1. The van der Waals surface area contributed by atoms with E-state index in [-0.39, 0.29) is 33.0 Å². The quantitative estimate of drug-likeness (QED) is 0.0523. The molecule has 0 amide bonds. The molecule has 3 saturated heterocycles. The SMILES string of the molecule is CO[C@H]1O[C@H](CO[C@@H]2O[C@@H]3CO[C@H](c4ccccc4)O[C@@H]3[C@H](OC(C)=O)[C@H]2N=[N+]=[N-])[C@@H](OCc2ccccc2)[C@H](OCc2ccccc2)[C@H]1OCc1ccccc1. The molecule has 0 aliphatic carbocycles. The van der Waals surface area contributed by atoms with Crippen LogP contribution in [0.2, 0.25) is 0 Å². The first kappa shape index (κ1) is 40.5. The minimum atomic E-state index is -1.19. The molecule has 3 aliphatic heterocycles. The van der Waals surface area contributed by atoms with Crippen molar-refractivity contribution in [1.29, 1.82) is 0 Å². The van der Waals surface area contributed by atoms with Crippen molar-refractivity contribution in [2.24, 2.45) is 5.11 Å². The van der Waals surface area contributed by atoms with E-state index in [4.69, 9.17) is 47.4 Å². The van der Waals surface area contributed by atoms with E-state index >= 15 is 0 Å².